The number of nitrogens with one attached hydrogen (secondary N) is 1. The number of thiophene rings is 1. The zero-order valence-electron chi connectivity index (χ0n) is 11.8. The van der Waals surface area contributed by atoms with Crippen molar-refractivity contribution in [2.24, 2.45) is 0 Å². The first kappa shape index (κ1) is 15.3. The van der Waals surface area contributed by atoms with Crippen molar-refractivity contribution in [2.45, 2.75) is 26.3 Å². The summed E-state index contributed by atoms with van der Waals surface area (Å²) in [5.74, 6) is 0.137. The van der Waals surface area contributed by atoms with Gasteiger partial charge >= 0.3 is 6.03 Å². The maximum absolute atomic E-state index is 12.0. The van der Waals surface area contributed by atoms with Gasteiger partial charge in [-0.2, -0.15) is 0 Å². The summed E-state index contributed by atoms with van der Waals surface area (Å²) in [5, 5.41) is 2.93. The lowest BCUT2D eigenvalue weighted by Gasteiger charge is -2.28. The average molecular weight is 316 g/mol. The lowest BCUT2D eigenvalue weighted by atomic mass is 10.2. The van der Waals surface area contributed by atoms with Crippen LogP contribution < -0.4 is 5.32 Å². The topological polar surface area (TPSA) is 66.5 Å². The van der Waals surface area contributed by atoms with Crippen molar-refractivity contribution >= 4 is 27.2 Å². The number of carbonyl (C=O) groups excluding carboxylic acids is 1. The van der Waals surface area contributed by atoms with Crippen LogP contribution in [-0.2, 0) is 16.3 Å². The molecule has 1 N–H and O–H groups in total. The van der Waals surface area contributed by atoms with Crippen LogP contribution >= 0.6 is 11.3 Å². The second-order valence-electron chi connectivity index (χ2n) is 5.21. The number of aryl methyl sites for hydroxylation is 1. The second kappa shape index (κ2) is 6.13. The Balaban J connectivity index is 1.82. The standard InChI is InChI=1S/C13H20N2O3S2/c1-10(9-12-4-3-11(2)19-12)14-13(16)15-5-7-20(17,18)8-6-15/h3-4,10H,5-9H2,1-2H3,(H,14,16). The molecule has 20 heavy (non-hydrogen) atoms. The zero-order chi connectivity index (χ0) is 14.8. The van der Waals surface area contributed by atoms with Gasteiger partial charge in [-0.15, -0.1) is 11.3 Å². The van der Waals surface area contributed by atoms with Crippen LogP contribution in [0.2, 0.25) is 0 Å². The van der Waals surface area contributed by atoms with Gasteiger partial charge in [-0.1, -0.05) is 0 Å². The number of nitrogens with zero attached hydrogens (tertiary/aromatic N) is 1. The van der Waals surface area contributed by atoms with Crippen molar-refractivity contribution in [2.75, 3.05) is 24.6 Å². The Labute approximate surface area is 123 Å². The highest BCUT2D eigenvalue weighted by Gasteiger charge is 2.25. The average Bonchev–Trinajstić information content (AvgIpc) is 2.74. The third-order valence-corrected chi connectivity index (χ3v) is 5.94. The fraction of sp³-hybridized carbons (Fsp3) is 0.615. The number of hydrogen-bond acceptors (Lipinski definition) is 4. The summed E-state index contributed by atoms with van der Waals surface area (Å²) in [6, 6.07) is 4.03. The molecule has 2 rings (SSSR count). The molecule has 1 atom stereocenters. The van der Waals surface area contributed by atoms with E-state index in [1.165, 1.54) is 9.75 Å². The summed E-state index contributed by atoms with van der Waals surface area (Å²) < 4.78 is 22.7. The van der Waals surface area contributed by atoms with Gasteiger partial charge in [-0.05, 0) is 26.0 Å². The molecule has 112 valence electrons. The van der Waals surface area contributed by atoms with Crippen molar-refractivity contribution in [3.05, 3.63) is 21.9 Å². The first-order valence-corrected chi connectivity index (χ1v) is 9.31. The minimum Gasteiger partial charge on any atom is -0.335 e. The quantitative estimate of drug-likeness (QED) is 0.917. The van der Waals surface area contributed by atoms with E-state index in [1.807, 2.05) is 6.92 Å². The van der Waals surface area contributed by atoms with Gasteiger partial charge in [0.2, 0.25) is 0 Å². The third-order valence-electron chi connectivity index (χ3n) is 3.30. The molecular weight excluding hydrogens is 296 g/mol. The van der Waals surface area contributed by atoms with E-state index in [1.54, 1.807) is 16.2 Å². The summed E-state index contributed by atoms with van der Waals surface area (Å²) in [7, 11) is -2.94. The highest BCUT2D eigenvalue weighted by molar-refractivity contribution is 7.91. The molecule has 1 unspecified atom stereocenters. The van der Waals surface area contributed by atoms with Gasteiger partial charge < -0.3 is 10.2 Å². The first-order chi connectivity index (χ1) is 9.35. The molecule has 0 aliphatic carbocycles. The molecule has 0 saturated carbocycles. The van der Waals surface area contributed by atoms with Crippen molar-refractivity contribution in [1.29, 1.82) is 0 Å². The molecule has 0 radical (unpaired) electrons. The van der Waals surface area contributed by atoms with Gasteiger partial charge in [-0.25, -0.2) is 13.2 Å². The Morgan fingerprint density at radius 1 is 1.40 bits per heavy atom. The van der Waals surface area contributed by atoms with Gasteiger partial charge in [0.05, 0.1) is 11.5 Å². The normalized spacial score (nSPS) is 19.6. The lowest BCUT2D eigenvalue weighted by Crippen LogP contribution is -2.50. The van der Waals surface area contributed by atoms with E-state index in [-0.39, 0.29) is 23.6 Å². The van der Waals surface area contributed by atoms with Crippen LogP contribution in [0.15, 0.2) is 12.1 Å². The van der Waals surface area contributed by atoms with E-state index in [0.29, 0.717) is 13.1 Å². The monoisotopic (exact) mass is 316 g/mol. The van der Waals surface area contributed by atoms with E-state index < -0.39 is 9.84 Å². The van der Waals surface area contributed by atoms with Gasteiger partial charge in [0, 0.05) is 35.3 Å². The van der Waals surface area contributed by atoms with Crippen LogP contribution in [0.4, 0.5) is 4.79 Å². The van der Waals surface area contributed by atoms with Gasteiger partial charge in [0.15, 0.2) is 9.84 Å². The number of urea groups is 1. The largest absolute Gasteiger partial charge is 0.335 e. The zero-order valence-corrected chi connectivity index (χ0v) is 13.4. The fourth-order valence-corrected chi connectivity index (χ4v) is 4.39. The number of amides is 2. The summed E-state index contributed by atoms with van der Waals surface area (Å²) in [4.78, 5) is 16.1. The Hall–Kier alpha value is -1.08. The Morgan fingerprint density at radius 3 is 2.60 bits per heavy atom. The maximum atomic E-state index is 12.0. The molecule has 2 amide bonds. The number of rotatable bonds is 3. The molecule has 1 saturated heterocycles. The smallest absolute Gasteiger partial charge is 0.317 e. The van der Waals surface area contributed by atoms with Gasteiger partial charge in [0.25, 0.3) is 0 Å². The van der Waals surface area contributed by atoms with E-state index in [0.717, 1.165) is 6.42 Å². The Kier molecular flexibility index (Phi) is 4.70. The van der Waals surface area contributed by atoms with Crippen LogP contribution in [0, 0.1) is 6.92 Å². The first-order valence-electron chi connectivity index (χ1n) is 6.67. The van der Waals surface area contributed by atoms with Crippen LogP contribution in [0.1, 0.15) is 16.7 Å². The summed E-state index contributed by atoms with van der Waals surface area (Å²) in [6.07, 6.45) is 0.802. The molecule has 5 nitrogen and oxygen atoms in total. The van der Waals surface area contributed by atoms with Crippen molar-refractivity contribution in [3.63, 3.8) is 0 Å². The number of sulfone groups is 1. The van der Waals surface area contributed by atoms with Gasteiger partial charge in [-0.3, -0.25) is 0 Å². The van der Waals surface area contributed by atoms with E-state index >= 15 is 0 Å². The molecule has 2 heterocycles. The van der Waals surface area contributed by atoms with Crippen LogP contribution in [-0.4, -0.2) is 50.0 Å². The van der Waals surface area contributed by atoms with E-state index in [9.17, 15) is 13.2 Å². The number of hydrogen-bond donors (Lipinski definition) is 1. The summed E-state index contributed by atoms with van der Waals surface area (Å²) in [5.41, 5.74) is 0. The molecule has 1 aromatic heterocycles. The van der Waals surface area contributed by atoms with Crippen LogP contribution in [0.3, 0.4) is 0 Å². The second-order valence-corrected chi connectivity index (χ2v) is 8.88. The fourth-order valence-electron chi connectivity index (χ4n) is 2.17. The molecule has 7 heteroatoms. The number of carbonyl (C=O) groups is 1. The van der Waals surface area contributed by atoms with E-state index in [2.05, 4.69) is 24.4 Å². The highest BCUT2D eigenvalue weighted by atomic mass is 32.2. The van der Waals surface area contributed by atoms with Crippen molar-refractivity contribution in [3.8, 4) is 0 Å². The molecule has 1 aliphatic rings. The molecule has 1 aromatic rings. The van der Waals surface area contributed by atoms with Crippen LogP contribution in [0.25, 0.3) is 0 Å². The minimum absolute atomic E-state index is 0.0408. The molecule has 0 bridgehead atoms. The van der Waals surface area contributed by atoms with E-state index in [4.69, 9.17) is 0 Å². The lowest BCUT2D eigenvalue weighted by molar-refractivity contribution is 0.199. The predicted octanol–water partition coefficient (Wildman–Crippen LogP) is 1.43. The van der Waals surface area contributed by atoms with Gasteiger partial charge in [0.1, 0.15) is 0 Å². The molecular formula is C13H20N2O3S2. The summed E-state index contributed by atoms with van der Waals surface area (Å²) >= 11 is 1.73. The molecule has 0 spiro atoms. The van der Waals surface area contributed by atoms with Crippen molar-refractivity contribution < 1.29 is 13.2 Å². The summed E-state index contributed by atoms with van der Waals surface area (Å²) in [6.45, 7) is 4.61. The SMILES string of the molecule is Cc1ccc(CC(C)NC(=O)N2CCS(=O)(=O)CC2)s1. The van der Waals surface area contributed by atoms with Crippen LogP contribution in [0.5, 0.6) is 0 Å². The minimum atomic E-state index is -2.94. The predicted molar refractivity (Wildman–Crippen MR) is 81.0 cm³/mol. The Morgan fingerprint density at radius 2 is 2.05 bits per heavy atom. The third kappa shape index (κ3) is 4.21. The molecule has 1 fully saturated rings. The molecule has 1 aliphatic heterocycles. The molecule has 0 aromatic carbocycles. The Bertz CT molecular complexity index is 566. The maximum Gasteiger partial charge on any atom is 0.317 e. The van der Waals surface area contributed by atoms with Crippen molar-refractivity contribution in [1.82, 2.24) is 10.2 Å². The highest BCUT2D eigenvalue weighted by Crippen LogP contribution is 2.16.